The predicted octanol–water partition coefficient (Wildman–Crippen LogP) is 1.92. The maximum atomic E-state index is 11.8. The summed E-state index contributed by atoms with van der Waals surface area (Å²) in [6.07, 6.45) is -0.511. The molecule has 1 unspecified atom stereocenters. The topological polar surface area (TPSA) is 55.6 Å². The lowest BCUT2D eigenvalue weighted by atomic mass is 10.2. The molecule has 0 radical (unpaired) electrons. The number of likely N-dealkylation sites (N-methyl/N-ethyl adjacent to an activating group) is 1. The molecule has 0 bridgehead atoms. The third kappa shape index (κ3) is 2.65. The van der Waals surface area contributed by atoms with Crippen molar-refractivity contribution < 1.29 is 9.53 Å². The van der Waals surface area contributed by atoms with Crippen LogP contribution in [0.4, 0.5) is 11.4 Å². The van der Waals surface area contributed by atoms with E-state index in [0.29, 0.717) is 16.4 Å². The lowest BCUT2D eigenvalue weighted by Gasteiger charge is -2.22. The smallest absolute Gasteiger partial charge is 0.255 e. The second-order valence-corrected chi connectivity index (χ2v) is 3.91. The van der Waals surface area contributed by atoms with Gasteiger partial charge in [0, 0.05) is 19.2 Å². The van der Waals surface area contributed by atoms with Crippen molar-refractivity contribution in [2.45, 2.75) is 13.0 Å². The van der Waals surface area contributed by atoms with E-state index in [9.17, 15) is 4.79 Å². The van der Waals surface area contributed by atoms with E-state index in [-0.39, 0.29) is 5.91 Å². The largest absolute Gasteiger partial charge is 0.397 e. The van der Waals surface area contributed by atoms with Crippen molar-refractivity contribution in [1.82, 2.24) is 0 Å². The fourth-order valence-corrected chi connectivity index (χ4v) is 1.47. The van der Waals surface area contributed by atoms with E-state index < -0.39 is 6.10 Å². The number of rotatable bonds is 3. The van der Waals surface area contributed by atoms with Crippen LogP contribution in [0.2, 0.25) is 5.02 Å². The summed E-state index contributed by atoms with van der Waals surface area (Å²) >= 11 is 5.85. The van der Waals surface area contributed by atoms with Gasteiger partial charge in [-0.2, -0.15) is 0 Å². The quantitative estimate of drug-likeness (QED) is 0.824. The highest BCUT2D eigenvalue weighted by atomic mass is 35.5. The molecule has 1 rings (SSSR count). The van der Waals surface area contributed by atoms with Gasteiger partial charge in [0.2, 0.25) is 0 Å². The lowest BCUT2D eigenvalue weighted by molar-refractivity contribution is -0.127. The summed E-state index contributed by atoms with van der Waals surface area (Å²) < 4.78 is 4.96. The second kappa shape index (κ2) is 5.18. The molecule has 1 amide bonds. The zero-order valence-electron chi connectivity index (χ0n) is 9.53. The van der Waals surface area contributed by atoms with Gasteiger partial charge < -0.3 is 15.4 Å². The highest BCUT2D eigenvalue weighted by molar-refractivity contribution is 6.31. The van der Waals surface area contributed by atoms with Crippen molar-refractivity contribution in [3.8, 4) is 0 Å². The number of amides is 1. The summed E-state index contributed by atoms with van der Waals surface area (Å²) in [6, 6.07) is 4.99. The van der Waals surface area contributed by atoms with Crippen LogP contribution in [-0.4, -0.2) is 26.2 Å². The van der Waals surface area contributed by atoms with Gasteiger partial charge in [-0.3, -0.25) is 4.79 Å². The molecule has 88 valence electrons. The van der Waals surface area contributed by atoms with Crippen LogP contribution in [0, 0.1) is 0 Å². The molecule has 0 aliphatic rings. The third-order valence-corrected chi connectivity index (χ3v) is 2.62. The number of hydrogen-bond acceptors (Lipinski definition) is 3. The molecule has 0 fully saturated rings. The van der Waals surface area contributed by atoms with E-state index in [1.165, 1.54) is 12.0 Å². The number of methoxy groups -OCH3 is 1. The SMILES string of the molecule is COC(C)C(=O)N(C)c1cc(Cl)ccc1N. The van der Waals surface area contributed by atoms with Gasteiger partial charge in [-0.05, 0) is 25.1 Å². The van der Waals surface area contributed by atoms with Crippen molar-refractivity contribution in [2.24, 2.45) is 0 Å². The Labute approximate surface area is 99.9 Å². The number of carbonyl (C=O) groups excluding carboxylic acids is 1. The maximum absolute atomic E-state index is 11.8. The summed E-state index contributed by atoms with van der Waals surface area (Å²) in [5.74, 6) is -0.170. The first-order valence-corrected chi connectivity index (χ1v) is 5.20. The molecule has 1 aromatic carbocycles. The Morgan fingerprint density at radius 2 is 2.19 bits per heavy atom. The monoisotopic (exact) mass is 242 g/mol. The molecule has 0 aromatic heterocycles. The van der Waals surface area contributed by atoms with E-state index in [2.05, 4.69) is 0 Å². The van der Waals surface area contributed by atoms with Gasteiger partial charge in [0.1, 0.15) is 6.10 Å². The fraction of sp³-hybridized carbons (Fsp3) is 0.364. The molecule has 0 heterocycles. The molecule has 5 heteroatoms. The fourth-order valence-electron chi connectivity index (χ4n) is 1.30. The maximum Gasteiger partial charge on any atom is 0.255 e. The Morgan fingerprint density at radius 3 is 2.75 bits per heavy atom. The van der Waals surface area contributed by atoms with Crippen molar-refractivity contribution >= 4 is 28.9 Å². The van der Waals surface area contributed by atoms with E-state index in [1.807, 2.05) is 0 Å². The first kappa shape index (κ1) is 12.8. The molecule has 0 saturated heterocycles. The molecule has 0 spiro atoms. The summed E-state index contributed by atoms with van der Waals surface area (Å²) in [5.41, 5.74) is 6.86. The van der Waals surface area contributed by atoms with Crippen LogP contribution in [-0.2, 0) is 9.53 Å². The molecule has 2 N–H and O–H groups in total. The number of carbonyl (C=O) groups is 1. The zero-order valence-corrected chi connectivity index (χ0v) is 10.3. The summed E-state index contributed by atoms with van der Waals surface area (Å²) in [7, 11) is 3.12. The van der Waals surface area contributed by atoms with E-state index in [1.54, 1.807) is 32.2 Å². The number of hydrogen-bond donors (Lipinski definition) is 1. The average Bonchev–Trinajstić information content (AvgIpc) is 2.29. The number of ether oxygens (including phenoxy) is 1. The number of anilines is 2. The van der Waals surface area contributed by atoms with Gasteiger partial charge >= 0.3 is 0 Å². The Kier molecular flexibility index (Phi) is 4.15. The van der Waals surface area contributed by atoms with Gasteiger partial charge in [0.15, 0.2) is 0 Å². The Bertz CT molecular complexity index is 396. The van der Waals surface area contributed by atoms with E-state index in [4.69, 9.17) is 22.1 Å². The van der Waals surface area contributed by atoms with Crippen LogP contribution in [0.1, 0.15) is 6.92 Å². The molecule has 0 aliphatic heterocycles. The molecular formula is C11H15ClN2O2. The number of nitrogens with two attached hydrogens (primary N) is 1. The number of nitrogens with zero attached hydrogens (tertiary/aromatic N) is 1. The van der Waals surface area contributed by atoms with Crippen LogP contribution in [0.25, 0.3) is 0 Å². The first-order chi connectivity index (χ1) is 7.47. The van der Waals surface area contributed by atoms with Gasteiger partial charge in [-0.1, -0.05) is 11.6 Å². The van der Waals surface area contributed by atoms with Crippen LogP contribution in [0.3, 0.4) is 0 Å². The van der Waals surface area contributed by atoms with E-state index in [0.717, 1.165) is 0 Å². The van der Waals surface area contributed by atoms with Gasteiger partial charge in [-0.15, -0.1) is 0 Å². The molecule has 16 heavy (non-hydrogen) atoms. The molecule has 1 aromatic rings. The van der Waals surface area contributed by atoms with Gasteiger partial charge in [0.25, 0.3) is 5.91 Å². The average molecular weight is 243 g/mol. The number of benzene rings is 1. The van der Waals surface area contributed by atoms with Gasteiger partial charge in [-0.25, -0.2) is 0 Å². The Morgan fingerprint density at radius 1 is 1.56 bits per heavy atom. The standard InChI is InChI=1S/C11H15ClN2O2/c1-7(16-3)11(15)14(2)10-6-8(12)4-5-9(10)13/h4-7H,13H2,1-3H3. The van der Waals surface area contributed by atoms with Crippen LogP contribution >= 0.6 is 11.6 Å². The summed E-state index contributed by atoms with van der Waals surface area (Å²) in [6.45, 7) is 1.68. The Balaban J connectivity index is 3.00. The van der Waals surface area contributed by atoms with Crippen molar-refractivity contribution in [3.05, 3.63) is 23.2 Å². The predicted molar refractivity (Wildman–Crippen MR) is 65.7 cm³/mol. The minimum atomic E-state index is -0.511. The normalized spacial score (nSPS) is 12.2. The van der Waals surface area contributed by atoms with Crippen LogP contribution in [0.5, 0.6) is 0 Å². The highest BCUT2D eigenvalue weighted by Crippen LogP contribution is 2.26. The van der Waals surface area contributed by atoms with Crippen LogP contribution < -0.4 is 10.6 Å². The van der Waals surface area contributed by atoms with Gasteiger partial charge in [0.05, 0.1) is 11.4 Å². The highest BCUT2D eigenvalue weighted by Gasteiger charge is 2.19. The van der Waals surface area contributed by atoms with E-state index >= 15 is 0 Å². The summed E-state index contributed by atoms with van der Waals surface area (Å²) in [4.78, 5) is 13.3. The van der Waals surface area contributed by atoms with Crippen molar-refractivity contribution in [2.75, 3.05) is 24.8 Å². The van der Waals surface area contributed by atoms with Crippen LogP contribution in [0.15, 0.2) is 18.2 Å². The minimum absolute atomic E-state index is 0.170. The Hall–Kier alpha value is -1.26. The molecule has 0 saturated carbocycles. The second-order valence-electron chi connectivity index (χ2n) is 3.48. The van der Waals surface area contributed by atoms with Crippen molar-refractivity contribution in [1.29, 1.82) is 0 Å². The first-order valence-electron chi connectivity index (χ1n) is 4.82. The number of nitrogen functional groups attached to an aromatic ring is 1. The van der Waals surface area contributed by atoms with Crippen molar-refractivity contribution in [3.63, 3.8) is 0 Å². The third-order valence-electron chi connectivity index (χ3n) is 2.39. The number of halogens is 1. The molecular weight excluding hydrogens is 228 g/mol. The molecule has 0 aliphatic carbocycles. The zero-order chi connectivity index (χ0) is 12.3. The molecule has 4 nitrogen and oxygen atoms in total. The summed E-state index contributed by atoms with van der Waals surface area (Å²) in [5, 5.41) is 0.536. The molecule has 1 atom stereocenters. The minimum Gasteiger partial charge on any atom is -0.397 e. The lowest BCUT2D eigenvalue weighted by Crippen LogP contribution is -2.36.